The van der Waals surface area contributed by atoms with Crippen LogP contribution in [0.1, 0.15) is 32.2 Å². The zero-order valence-electron chi connectivity index (χ0n) is 10.1. The average molecular weight is 241 g/mol. The predicted molar refractivity (Wildman–Crippen MR) is 65.9 cm³/mol. The predicted octanol–water partition coefficient (Wildman–Crippen LogP) is 1.70. The van der Waals surface area contributed by atoms with Gasteiger partial charge in [-0.25, -0.2) is 0 Å². The molecule has 0 unspecified atom stereocenters. The minimum atomic E-state index is -0.601. The Morgan fingerprint density at radius 1 is 1.56 bits per heavy atom. The van der Waals surface area contributed by atoms with E-state index in [2.05, 4.69) is 28.9 Å². The molecule has 1 saturated heterocycles. The molecule has 90 valence electrons. The van der Waals surface area contributed by atoms with Gasteiger partial charge in [0.1, 0.15) is 5.01 Å². The van der Waals surface area contributed by atoms with Crippen molar-refractivity contribution in [2.24, 2.45) is 5.92 Å². The van der Waals surface area contributed by atoms with Crippen molar-refractivity contribution < 1.29 is 5.11 Å². The number of aromatic nitrogens is 2. The smallest absolute Gasteiger partial charge is 0.208 e. The lowest BCUT2D eigenvalue weighted by atomic mass is 9.95. The number of hydrogen-bond acceptors (Lipinski definition) is 5. The number of aliphatic hydroxyl groups is 1. The molecule has 4 nitrogen and oxygen atoms in total. The summed E-state index contributed by atoms with van der Waals surface area (Å²) in [5, 5.41) is 20.5. The molecule has 0 aliphatic carbocycles. The zero-order valence-corrected chi connectivity index (χ0v) is 10.9. The van der Waals surface area contributed by atoms with E-state index in [4.69, 9.17) is 0 Å². The van der Waals surface area contributed by atoms with Crippen LogP contribution in [0, 0.1) is 5.92 Å². The monoisotopic (exact) mass is 241 g/mol. The largest absolute Gasteiger partial charge is 0.388 e. The summed E-state index contributed by atoms with van der Waals surface area (Å²) < 4.78 is 0. The van der Waals surface area contributed by atoms with Crippen molar-refractivity contribution in [3.8, 4) is 0 Å². The Balaban J connectivity index is 2.08. The van der Waals surface area contributed by atoms with Crippen LogP contribution in [0.3, 0.4) is 0 Å². The van der Waals surface area contributed by atoms with Crippen LogP contribution >= 0.6 is 11.3 Å². The van der Waals surface area contributed by atoms with Crippen LogP contribution in [0.5, 0.6) is 0 Å². The Morgan fingerprint density at radius 3 is 2.88 bits per heavy atom. The molecule has 2 rings (SSSR count). The molecule has 2 atom stereocenters. The maximum absolute atomic E-state index is 10.1. The Morgan fingerprint density at radius 2 is 2.31 bits per heavy atom. The summed E-state index contributed by atoms with van der Waals surface area (Å²) in [4.78, 5) is 2.14. The molecule has 0 bridgehead atoms. The topological polar surface area (TPSA) is 49.2 Å². The van der Waals surface area contributed by atoms with Crippen LogP contribution in [0.4, 0.5) is 5.13 Å². The molecule has 1 aliphatic heterocycles. The SMILES string of the molecule is CCCc1nnc(N2C[C@@H](C)[C@@](C)(O)C2)s1. The Kier molecular flexibility index (Phi) is 3.17. The summed E-state index contributed by atoms with van der Waals surface area (Å²) >= 11 is 1.65. The first kappa shape index (κ1) is 11.8. The molecular formula is C11H19N3OS. The third-order valence-corrected chi connectivity index (χ3v) is 4.30. The molecule has 0 aromatic carbocycles. The maximum atomic E-state index is 10.1. The number of rotatable bonds is 3. The van der Waals surface area contributed by atoms with Crippen molar-refractivity contribution in [2.45, 2.75) is 39.2 Å². The minimum absolute atomic E-state index is 0.283. The van der Waals surface area contributed by atoms with Crippen molar-refractivity contribution in [1.82, 2.24) is 10.2 Å². The van der Waals surface area contributed by atoms with E-state index in [1.165, 1.54) is 0 Å². The molecule has 0 saturated carbocycles. The molecule has 2 heterocycles. The summed E-state index contributed by atoms with van der Waals surface area (Å²) in [6.07, 6.45) is 2.10. The normalized spacial score (nSPS) is 30.0. The van der Waals surface area contributed by atoms with Crippen LogP contribution in [0.25, 0.3) is 0 Å². The van der Waals surface area contributed by atoms with Gasteiger partial charge in [0.05, 0.1) is 5.60 Å². The second-order valence-electron chi connectivity index (χ2n) is 4.87. The second-order valence-corrected chi connectivity index (χ2v) is 5.91. The van der Waals surface area contributed by atoms with Crippen LogP contribution < -0.4 is 4.90 Å². The van der Waals surface area contributed by atoms with Crippen molar-refractivity contribution in [2.75, 3.05) is 18.0 Å². The molecule has 1 aromatic rings. The minimum Gasteiger partial charge on any atom is -0.388 e. The quantitative estimate of drug-likeness (QED) is 0.875. The van der Waals surface area contributed by atoms with Crippen molar-refractivity contribution in [3.63, 3.8) is 0 Å². The van der Waals surface area contributed by atoms with E-state index in [-0.39, 0.29) is 5.92 Å². The Hall–Kier alpha value is -0.680. The fourth-order valence-corrected chi connectivity index (χ4v) is 2.92. The zero-order chi connectivity index (χ0) is 11.8. The van der Waals surface area contributed by atoms with Gasteiger partial charge in [-0.2, -0.15) is 0 Å². The third kappa shape index (κ3) is 2.20. The first-order valence-corrected chi connectivity index (χ1v) is 6.64. The van der Waals surface area contributed by atoms with E-state index in [0.717, 1.165) is 29.5 Å². The van der Waals surface area contributed by atoms with E-state index in [0.29, 0.717) is 6.54 Å². The van der Waals surface area contributed by atoms with Crippen LogP contribution in [-0.4, -0.2) is 34.0 Å². The van der Waals surface area contributed by atoms with E-state index in [1.54, 1.807) is 11.3 Å². The molecule has 1 N–H and O–H groups in total. The summed E-state index contributed by atoms with van der Waals surface area (Å²) in [7, 11) is 0. The van der Waals surface area contributed by atoms with E-state index in [1.807, 2.05) is 6.92 Å². The maximum Gasteiger partial charge on any atom is 0.208 e. The highest BCUT2D eigenvalue weighted by atomic mass is 32.1. The second kappa shape index (κ2) is 4.30. The van der Waals surface area contributed by atoms with Gasteiger partial charge in [0.15, 0.2) is 0 Å². The highest BCUT2D eigenvalue weighted by Crippen LogP contribution is 2.32. The van der Waals surface area contributed by atoms with Gasteiger partial charge in [0, 0.05) is 25.4 Å². The lowest BCUT2D eigenvalue weighted by Crippen LogP contribution is -2.33. The molecule has 0 radical (unpaired) electrons. The number of anilines is 1. The van der Waals surface area contributed by atoms with E-state index >= 15 is 0 Å². The summed E-state index contributed by atoms with van der Waals surface area (Å²) in [5.41, 5.74) is -0.601. The van der Waals surface area contributed by atoms with Crippen molar-refractivity contribution in [1.29, 1.82) is 0 Å². The van der Waals surface area contributed by atoms with Gasteiger partial charge in [-0.3, -0.25) is 0 Å². The lowest BCUT2D eigenvalue weighted by Gasteiger charge is -2.20. The van der Waals surface area contributed by atoms with Crippen molar-refractivity contribution in [3.05, 3.63) is 5.01 Å². The standard InChI is InChI=1S/C11H19N3OS/c1-4-5-9-12-13-10(16-9)14-6-8(2)11(3,15)7-14/h8,15H,4-7H2,1-3H3/t8-,11+/m1/s1. The molecule has 0 amide bonds. The van der Waals surface area contributed by atoms with Crippen LogP contribution in [-0.2, 0) is 6.42 Å². The molecule has 16 heavy (non-hydrogen) atoms. The van der Waals surface area contributed by atoms with Gasteiger partial charge >= 0.3 is 0 Å². The van der Waals surface area contributed by atoms with E-state index < -0.39 is 5.60 Å². The number of hydrogen-bond donors (Lipinski definition) is 1. The van der Waals surface area contributed by atoms with Gasteiger partial charge in [-0.15, -0.1) is 10.2 Å². The molecule has 5 heteroatoms. The molecule has 1 fully saturated rings. The van der Waals surface area contributed by atoms with E-state index in [9.17, 15) is 5.11 Å². The highest BCUT2D eigenvalue weighted by Gasteiger charge is 2.39. The molecular weight excluding hydrogens is 222 g/mol. The Labute approximate surface area is 100 Å². The first-order valence-electron chi connectivity index (χ1n) is 5.82. The third-order valence-electron chi connectivity index (χ3n) is 3.26. The molecule has 0 spiro atoms. The number of β-amino-alcohol motifs (C(OH)–C–C–N with tert-alkyl or cyclic N) is 1. The molecule has 1 aliphatic rings. The summed E-state index contributed by atoms with van der Waals surface area (Å²) in [6.45, 7) is 7.64. The Bertz CT molecular complexity index is 364. The number of nitrogens with zero attached hydrogens (tertiary/aromatic N) is 3. The van der Waals surface area contributed by atoms with Crippen molar-refractivity contribution >= 4 is 16.5 Å². The van der Waals surface area contributed by atoms with Crippen LogP contribution in [0.15, 0.2) is 0 Å². The first-order chi connectivity index (χ1) is 7.53. The number of aryl methyl sites for hydroxylation is 1. The van der Waals surface area contributed by atoms with Gasteiger partial charge < -0.3 is 10.0 Å². The molecule has 1 aromatic heterocycles. The summed E-state index contributed by atoms with van der Waals surface area (Å²) in [6, 6.07) is 0. The van der Waals surface area contributed by atoms with Gasteiger partial charge in [0.25, 0.3) is 0 Å². The fourth-order valence-electron chi connectivity index (χ4n) is 1.97. The van der Waals surface area contributed by atoms with Gasteiger partial charge in [-0.1, -0.05) is 25.2 Å². The van der Waals surface area contributed by atoms with Gasteiger partial charge in [-0.05, 0) is 13.3 Å². The highest BCUT2D eigenvalue weighted by molar-refractivity contribution is 7.15. The summed E-state index contributed by atoms with van der Waals surface area (Å²) in [5.74, 6) is 0.283. The average Bonchev–Trinajstić information content (AvgIpc) is 2.74. The van der Waals surface area contributed by atoms with Gasteiger partial charge in [0.2, 0.25) is 5.13 Å². The lowest BCUT2D eigenvalue weighted by molar-refractivity contribution is 0.0443. The fraction of sp³-hybridized carbons (Fsp3) is 0.818. The van der Waals surface area contributed by atoms with Crippen LogP contribution in [0.2, 0.25) is 0 Å².